The molecule has 1 aromatic rings. The van der Waals surface area contributed by atoms with Gasteiger partial charge in [0.15, 0.2) is 0 Å². The quantitative estimate of drug-likeness (QED) is 0.450. The number of nitrogens with two attached hydrogens (primary N) is 1. The summed E-state index contributed by atoms with van der Waals surface area (Å²) in [4.78, 5) is 11.1. The van der Waals surface area contributed by atoms with Crippen LogP contribution in [0.1, 0.15) is 38.2 Å². The van der Waals surface area contributed by atoms with Crippen molar-refractivity contribution >= 4 is 17.7 Å². The largest absolute Gasteiger partial charge is 0.478 e. The standard InChI is InChI=1S/C14H19NO2/c1-2-3-4-5-12(14(16)17)10-11-6-8-13(15)9-7-11/h6-10H,2-5,15H2,1H3,(H,16,17). The third kappa shape index (κ3) is 4.72. The first-order valence-electron chi connectivity index (χ1n) is 5.93. The summed E-state index contributed by atoms with van der Waals surface area (Å²) in [6.45, 7) is 2.10. The number of unbranched alkanes of at least 4 members (excludes halogenated alkanes) is 2. The molecule has 0 saturated carbocycles. The van der Waals surface area contributed by atoms with Gasteiger partial charge in [-0.15, -0.1) is 0 Å². The highest BCUT2D eigenvalue weighted by Gasteiger charge is 2.06. The SMILES string of the molecule is CCCCCC(=Cc1ccc(N)cc1)C(=O)O. The van der Waals surface area contributed by atoms with Crippen molar-refractivity contribution < 1.29 is 9.90 Å². The topological polar surface area (TPSA) is 63.3 Å². The number of aliphatic carboxylic acids is 1. The molecule has 0 radical (unpaired) electrons. The van der Waals surface area contributed by atoms with Crippen LogP contribution in [0.15, 0.2) is 29.8 Å². The smallest absolute Gasteiger partial charge is 0.331 e. The molecule has 0 aliphatic heterocycles. The Morgan fingerprint density at radius 3 is 2.47 bits per heavy atom. The molecule has 0 amide bonds. The molecule has 1 rings (SSSR count). The van der Waals surface area contributed by atoms with Gasteiger partial charge in [-0.05, 0) is 36.6 Å². The van der Waals surface area contributed by atoms with Crippen LogP contribution in [-0.4, -0.2) is 11.1 Å². The van der Waals surface area contributed by atoms with E-state index in [9.17, 15) is 4.79 Å². The van der Waals surface area contributed by atoms with Crippen LogP contribution in [0.4, 0.5) is 5.69 Å². The Balaban J connectivity index is 2.75. The summed E-state index contributed by atoms with van der Waals surface area (Å²) in [6.07, 6.45) is 5.41. The third-order valence-corrected chi connectivity index (χ3v) is 2.60. The molecule has 3 N–H and O–H groups in total. The Morgan fingerprint density at radius 2 is 1.94 bits per heavy atom. The van der Waals surface area contributed by atoms with Crippen LogP contribution in [0.2, 0.25) is 0 Å². The summed E-state index contributed by atoms with van der Waals surface area (Å²) < 4.78 is 0. The van der Waals surface area contributed by atoms with Gasteiger partial charge in [0.1, 0.15) is 0 Å². The van der Waals surface area contributed by atoms with Gasteiger partial charge in [-0.2, -0.15) is 0 Å². The van der Waals surface area contributed by atoms with Crippen LogP contribution < -0.4 is 5.73 Å². The Hall–Kier alpha value is -1.77. The Bertz CT molecular complexity index is 393. The molecule has 0 bridgehead atoms. The van der Waals surface area contributed by atoms with Gasteiger partial charge in [-0.1, -0.05) is 31.9 Å². The van der Waals surface area contributed by atoms with Gasteiger partial charge < -0.3 is 10.8 Å². The molecule has 3 heteroatoms. The van der Waals surface area contributed by atoms with E-state index in [0.29, 0.717) is 17.7 Å². The summed E-state index contributed by atoms with van der Waals surface area (Å²) in [7, 11) is 0. The Morgan fingerprint density at radius 1 is 1.29 bits per heavy atom. The van der Waals surface area contributed by atoms with Crippen LogP contribution in [0.25, 0.3) is 6.08 Å². The first-order valence-corrected chi connectivity index (χ1v) is 5.93. The van der Waals surface area contributed by atoms with Gasteiger partial charge in [0.25, 0.3) is 0 Å². The van der Waals surface area contributed by atoms with Crippen molar-refractivity contribution in [3.05, 3.63) is 35.4 Å². The molecule has 0 saturated heterocycles. The van der Waals surface area contributed by atoms with Crippen molar-refractivity contribution in [3.63, 3.8) is 0 Å². The van der Waals surface area contributed by atoms with Crippen LogP contribution >= 0.6 is 0 Å². The molecule has 0 aliphatic carbocycles. The first kappa shape index (κ1) is 13.3. The average molecular weight is 233 g/mol. The first-order chi connectivity index (χ1) is 8.13. The van der Waals surface area contributed by atoms with Gasteiger partial charge in [0.2, 0.25) is 0 Å². The minimum atomic E-state index is -0.835. The molecule has 1 aromatic carbocycles. The molecule has 92 valence electrons. The van der Waals surface area contributed by atoms with E-state index < -0.39 is 5.97 Å². The minimum Gasteiger partial charge on any atom is -0.478 e. The maximum absolute atomic E-state index is 11.1. The van der Waals surface area contributed by atoms with Crippen LogP contribution in [-0.2, 0) is 4.79 Å². The van der Waals surface area contributed by atoms with Gasteiger partial charge in [0, 0.05) is 11.3 Å². The summed E-state index contributed by atoms with van der Waals surface area (Å²) in [5.74, 6) is -0.835. The van der Waals surface area contributed by atoms with E-state index in [1.54, 1.807) is 18.2 Å². The third-order valence-electron chi connectivity index (χ3n) is 2.60. The van der Waals surface area contributed by atoms with E-state index in [4.69, 9.17) is 10.8 Å². The molecule has 17 heavy (non-hydrogen) atoms. The molecular formula is C14H19NO2. The van der Waals surface area contributed by atoms with Crippen molar-refractivity contribution in [1.29, 1.82) is 0 Å². The van der Waals surface area contributed by atoms with Crippen molar-refractivity contribution in [1.82, 2.24) is 0 Å². The average Bonchev–Trinajstić information content (AvgIpc) is 2.30. The summed E-state index contributed by atoms with van der Waals surface area (Å²) >= 11 is 0. The van der Waals surface area contributed by atoms with Crippen molar-refractivity contribution in [3.8, 4) is 0 Å². The van der Waals surface area contributed by atoms with Crippen molar-refractivity contribution in [2.75, 3.05) is 5.73 Å². The van der Waals surface area contributed by atoms with E-state index in [2.05, 4.69) is 6.92 Å². The number of hydrogen-bond acceptors (Lipinski definition) is 2. The molecule has 0 spiro atoms. The molecule has 0 aliphatic rings. The van der Waals surface area contributed by atoms with E-state index in [-0.39, 0.29) is 0 Å². The minimum absolute atomic E-state index is 0.461. The monoisotopic (exact) mass is 233 g/mol. The Labute approximate surface area is 102 Å². The lowest BCUT2D eigenvalue weighted by Gasteiger charge is -2.02. The van der Waals surface area contributed by atoms with E-state index in [0.717, 1.165) is 24.8 Å². The highest BCUT2D eigenvalue weighted by molar-refractivity contribution is 5.92. The molecule has 0 atom stereocenters. The fourth-order valence-corrected chi connectivity index (χ4v) is 1.60. The van der Waals surface area contributed by atoms with Crippen molar-refractivity contribution in [2.24, 2.45) is 0 Å². The molecule has 0 aromatic heterocycles. The summed E-state index contributed by atoms with van der Waals surface area (Å²) in [5, 5.41) is 9.10. The second-order valence-electron chi connectivity index (χ2n) is 4.10. The number of hydrogen-bond donors (Lipinski definition) is 2. The molecular weight excluding hydrogens is 214 g/mol. The van der Waals surface area contributed by atoms with Crippen LogP contribution in [0.3, 0.4) is 0 Å². The van der Waals surface area contributed by atoms with Crippen LogP contribution in [0, 0.1) is 0 Å². The lowest BCUT2D eigenvalue weighted by molar-refractivity contribution is -0.132. The maximum atomic E-state index is 11.1. The molecule has 3 nitrogen and oxygen atoms in total. The molecule has 0 unspecified atom stereocenters. The fourth-order valence-electron chi connectivity index (χ4n) is 1.60. The predicted molar refractivity (Wildman–Crippen MR) is 70.6 cm³/mol. The summed E-state index contributed by atoms with van der Waals surface area (Å²) in [6, 6.07) is 7.21. The second-order valence-corrected chi connectivity index (χ2v) is 4.10. The number of rotatable bonds is 6. The van der Waals surface area contributed by atoms with Gasteiger partial charge in [-0.3, -0.25) is 0 Å². The van der Waals surface area contributed by atoms with Gasteiger partial charge in [0.05, 0.1) is 0 Å². The number of carbonyl (C=O) groups is 1. The highest BCUT2D eigenvalue weighted by atomic mass is 16.4. The zero-order valence-corrected chi connectivity index (χ0v) is 10.1. The number of benzene rings is 1. The van der Waals surface area contributed by atoms with Crippen molar-refractivity contribution in [2.45, 2.75) is 32.6 Å². The summed E-state index contributed by atoms with van der Waals surface area (Å²) in [5.41, 5.74) is 7.61. The lowest BCUT2D eigenvalue weighted by atomic mass is 10.0. The normalized spacial score (nSPS) is 11.5. The molecule has 0 heterocycles. The Kier molecular flexibility index (Phi) is 5.27. The molecule has 0 fully saturated rings. The lowest BCUT2D eigenvalue weighted by Crippen LogP contribution is -2.00. The highest BCUT2D eigenvalue weighted by Crippen LogP contribution is 2.15. The van der Waals surface area contributed by atoms with E-state index in [1.165, 1.54) is 0 Å². The number of carboxylic acids is 1. The van der Waals surface area contributed by atoms with E-state index >= 15 is 0 Å². The van der Waals surface area contributed by atoms with E-state index in [1.807, 2.05) is 12.1 Å². The fraction of sp³-hybridized carbons (Fsp3) is 0.357. The second kappa shape index (κ2) is 6.74. The van der Waals surface area contributed by atoms with Gasteiger partial charge in [-0.25, -0.2) is 4.79 Å². The number of carboxylic acid groups (broad SMARTS) is 1. The maximum Gasteiger partial charge on any atom is 0.331 e. The zero-order valence-electron chi connectivity index (χ0n) is 10.1. The van der Waals surface area contributed by atoms with Crippen LogP contribution in [0.5, 0.6) is 0 Å². The predicted octanol–water partition coefficient (Wildman–Crippen LogP) is 3.32. The van der Waals surface area contributed by atoms with Gasteiger partial charge >= 0.3 is 5.97 Å². The zero-order chi connectivity index (χ0) is 12.7. The number of nitrogen functional groups attached to an aromatic ring is 1. The number of anilines is 1.